The SMILES string of the molecule is COc1cccc(CC(=O)NNC(=O)COc2cccc(C)c2)c1. The van der Waals surface area contributed by atoms with Gasteiger partial charge in [-0.25, -0.2) is 0 Å². The Morgan fingerprint density at radius 2 is 1.67 bits per heavy atom. The molecule has 0 bridgehead atoms. The number of amides is 2. The van der Waals surface area contributed by atoms with E-state index in [9.17, 15) is 9.59 Å². The number of nitrogens with one attached hydrogen (secondary N) is 2. The second kappa shape index (κ2) is 8.57. The summed E-state index contributed by atoms with van der Waals surface area (Å²) in [4.78, 5) is 23.5. The Bertz CT molecular complexity index is 716. The summed E-state index contributed by atoms with van der Waals surface area (Å²) < 4.78 is 10.4. The standard InChI is InChI=1S/C18H20N2O4/c1-13-5-3-8-16(9-13)24-12-18(22)20-19-17(21)11-14-6-4-7-15(10-14)23-2/h3-10H,11-12H2,1-2H3,(H,19,21)(H,20,22). The molecule has 0 radical (unpaired) electrons. The van der Waals surface area contributed by atoms with Crippen LogP contribution in [0.15, 0.2) is 48.5 Å². The number of hydrazine groups is 1. The third-order valence-corrected chi connectivity index (χ3v) is 3.20. The zero-order chi connectivity index (χ0) is 17.4. The number of hydrogen-bond acceptors (Lipinski definition) is 4. The highest BCUT2D eigenvalue weighted by atomic mass is 16.5. The molecule has 0 spiro atoms. The van der Waals surface area contributed by atoms with Crippen molar-refractivity contribution in [3.05, 3.63) is 59.7 Å². The molecule has 0 heterocycles. The summed E-state index contributed by atoms with van der Waals surface area (Å²) in [6.45, 7) is 1.76. The molecule has 2 amide bonds. The molecule has 2 aromatic rings. The predicted octanol–water partition coefficient (Wildman–Crippen LogP) is 1.77. The summed E-state index contributed by atoms with van der Waals surface area (Å²) in [5.74, 6) is 0.520. The van der Waals surface area contributed by atoms with E-state index < -0.39 is 5.91 Å². The number of carbonyl (C=O) groups excluding carboxylic acids is 2. The van der Waals surface area contributed by atoms with E-state index >= 15 is 0 Å². The number of methoxy groups -OCH3 is 1. The summed E-state index contributed by atoms with van der Waals surface area (Å²) in [5, 5.41) is 0. The minimum absolute atomic E-state index is 0.135. The molecule has 6 heteroatoms. The van der Waals surface area contributed by atoms with Gasteiger partial charge in [-0.05, 0) is 42.3 Å². The van der Waals surface area contributed by atoms with E-state index in [1.807, 2.05) is 31.2 Å². The first kappa shape index (κ1) is 17.3. The maximum absolute atomic E-state index is 11.8. The molecule has 0 fully saturated rings. The van der Waals surface area contributed by atoms with Gasteiger partial charge in [-0.3, -0.25) is 20.4 Å². The zero-order valence-corrected chi connectivity index (χ0v) is 13.7. The second-order valence-corrected chi connectivity index (χ2v) is 5.23. The van der Waals surface area contributed by atoms with Crippen LogP contribution in [-0.2, 0) is 16.0 Å². The Morgan fingerprint density at radius 3 is 2.42 bits per heavy atom. The predicted molar refractivity (Wildman–Crippen MR) is 89.7 cm³/mol. The molecule has 0 aromatic heterocycles. The largest absolute Gasteiger partial charge is 0.497 e. The monoisotopic (exact) mass is 328 g/mol. The molecular weight excluding hydrogens is 308 g/mol. The zero-order valence-electron chi connectivity index (χ0n) is 13.7. The van der Waals surface area contributed by atoms with Gasteiger partial charge in [-0.2, -0.15) is 0 Å². The van der Waals surface area contributed by atoms with Crippen molar-refractivity contribution in [3.63, 3.8) is 0 Å². The number of carbonyl (C=O) groups is 2. The van der Waals surface area contributed by atoms with Crippen molar-refractivity contribution in [3.8, 4) is 11.5 Å². The van der Waals surface area contributed by atoms with Gasteiger partial charge in [0.2, 0.25) is 5.91 Å². The van der Waals surface area contributed by atoms with Crippen molar-refractivity contribution < 1.29 is 19.1 Å². The average Bonchev–Trinajstić information content (AvgIpc) is 2.58. The van der Waals surface area contributed by atoms with E-state index in [-0.39, 0.29) is 18.9 Å². The van der Waals surface area contributed by atoms with Crippen molar-refractivity contribution in [2.45, 2.75) is 13.3 Å². The lowest BCUT2D eigenvalue weighted by molar-refractivity contribution is -0.129. The fraction of sp³-hybridized carbons (Fsp3) is 0.222. The maximum Gasteiger partial charge on any atom is 0.276 e. The summed E-state index contributed by atoms with van der Waals surface area (Å²) in [5.41, 5.74) is 6.51. The first-order chi connectivity index (χ1) is 11.6. The van der Waals surface area contributed by atoms with E-state index in [4.69, 9.17) is 9.47 Å². The van der Waals surface area contributed by atoms with Gasteiger partial charge in [0, 0.05) is 0 Å². The lowest BCUT2D eigenvalue weighted by Gasteiger charge is -2.09. The van der Waals surface area contributed by atoms with Crippen LogP contribution in [0.2, 0.25) is 0 Å². The molecule has 0 aliphatic rings. The number of rotatable bonds is 6. The first-order valence-corrected chi connectivity index (χ1v) is 7.47. The van der Waals surface area contributed by atoms with Gasteiger partial charge in [0.05, 0.1) is 13.5 Å². The van der Waals surface area contributed by atoms with Gasteiger partial charge < -0.3 is 9.47 Å². The molecule has 0 saturated carbocycles. The highest BCUT2D eigenvalue weighted by molar-refractivity contribution is 5.83. The van der Waals surface area contributed by atoms with Gasteiger partial charge in [0.25, 0.3) is 5.91 Å². The Balaban J connectivity index is 1.73. The highest BCUT2D eigenvalue weighted by Gasteiger charge is 2.07. The topological polar surface area (TPSA) is 76.7 Å². The van der Waals surface area contributed by atoms with Crippen molar-refractivity contribution in [1.82, 2.24) is 10.9 Å². The Hall–Kier alpha value is -3.02. The van der Waals surface area contributed by atoms with Crippen molar-refractivity contribution >= 4 is 11.8 Å². The molecule has 2 aromatic carbocycles. The summed E-state index contributed by atoms with van der Waals surface area (Å²) in [7, 11) is 1.56. The summed E-state index contributed by atoms with van der Waals surface area (Å²) >= 11 is 0. The van der Waals surface area contributed by atoms with Crippen molar-refractivity contribution in [2.24, 2.45) is 0 Å². The van der Waals surface area contributed by atoms with Gasteiger partial charge in [-0.15, -0.1) is 0 Å². The minimum atomic E-state index is -0.435. The van der Waals surface area contributed by atoms with Crippen molar-refractivity contribution in [2.75, 3.05) is 13.7 Å². The van der Waals surface area contributed by atoms with Gasteiger partial charge >= 0.3 is 0 Å². The van der Waals surface area contributed by atoms with E-state index in [0.717, 1.165) is 11.1 Å². The maximum atomic E-state index is 11.8. The number of hydrogen-bond donors (Lipinski definition) is 2. The molecule has 6 nitrogen and oxygen atoms in total. The van der Waals surface area contributed by atoms with Gasteiger partial charge in [-0.1, -0.05) is 24.3 Å². The molecule has 0 aliphatic heterocycles. The number of aryl methyl sites for hydroxylation is 1. The first-order valence-electron chi connectivity index (χ1n) is 7.47. The molecule has 0 atom stereocenters. The summed E-state index contributed by atoms with van der Waals surface area (Å²) in [6.07, 6.45) is 0.135. The Morgan fingerprint density at radius 1 is 0.958 bits per heavy atom. The molecule has 2 rings (SSSR count). The van der Waals surface area contributed by atoms with E-state index in [2.05, 4.69) is 10.9 Å². The van der Waals surface area contributed by atoms with Crippen LogP contribution in [0.4, 0.5) is 0 Å². The second-order valence-electron chi connectivity index (χ2n) is 5.23. The molecule has 24 heavy (non-hydrogen) atoms. The van der Waals surface area contributed by atoms with Gasteiger partial charge in [0.15, 0.2) is 6.61 Å². The summed E-state index contributed by atoms with van der Waals surface area (Å²) in [6, 6.07) is 14.6. The van der Waals surface area contributed by atoms with E-state index in [1.165, 1.54) is 0 Å². The third-order valence-electron chi connectivity index (χ3n) is 3.20. The van der Waals surface area contributed by atoms with Crippen LogP contribution in [0.1, 0.15) is 11.1 Å². The van der Waals surface area contributed by atoms with Crippen LogP contribution in [0.3, 0.4) is 0 Å². The molecule has 0 saturated heterocycles. The van der Waals surface area contributed by atoms with Crippen LogP contribution in [0.25, 0.3) is 0 Å². The quantitative estimate of drug-likeness (QED) is 0.793. The highest BCUT2D eigenvalue weighted by Crippen LogP contribution is 2.13. The average molecular weight is 328 g/mol. The fourth-order valence-electron chi connectivity index (χ4n) is 2.04. The normalized spacial score (nSPS) is 9.92. The van der Waals surface area contributed by atoms with Crippen LogP contribution in [-0.4, -0.2) is 25.5 Å². The van der Waals surface area contributed by atoms with E-state index in [1.54, 1.807) is 31.4 Å². The van der Waals surface area contributed by atoms with Crippen molar-refractivity contribution in [1.29, 1.82) is 0 Å². The van der Waals surface area contributed by atoms with Crippen LogP contribution in [0.5, 0.6) is 11.5 Å². The molecule has 2 N–H and O–H groups in total. The van der Waals surface area contributed by atoms with Crippen LogP contribution >= 0.6 is 0 Å². The molecule has 0 aliphatic carbocycles. The Kier molecular flexibility index (Phi) is 6.19. The fourth-order valence-corrected chi connectivity index (χ4v) is 2.04. The minimum Gasteiger partial charge on any atom is -0.497 e. The lowest BCUT2D eigenvalue weighted by Crippen LogP contribution is -2.44. The smallest absolute Gasteiger partial charge is 0.276 e. The molecule has 126 valence electrons. The Labute approximate surface area is 140 Å². The van der Waals surface area contributed by atoms with Crippen LogP contribution in [0, 0.1) is 6.92 Å². The third kappa shape index (κ3) is 5.64. The van der Waals surface area contributed by atoms with Crippen LogP contribution < -0.4 is 20.3 Å². The van der Waals surface area contributed by atoms with E-state index in [0.29, 0.717) is 11.5 Å². The lowest BCUT2D eigenvalue weighted by atomic mass is 10.1. The number of ether oxygens (including phenoxy) is 2. The molecular formula is C18H20N2O4. The number of benzene rings is 2. The molecule has 0 unspecified atom stereocenters. The van der Waals surface area contributed by atoms with Gasteiger partial charge in [0.1, 0.15) is 11.5 Å².